The maximum Gasteiger partial charge on any atom is 0.337 e. The topological polar surface area (TPSA) is 103 Å². The summed E-state index contributed by atoms with van der Waals surface area (Å²) in [6.07, 6.45) is 1.70. The summed E-state index contributed by atoms with van der Waals surface area (Å²) in [7, 11) is 1.35. The number of benzene rings is 3. The van der Waals surface area contributed by atoms with E-state index in [0.717, 1.165) is 22.3 Å². The number of hydrogen-bond acceptors (Lipinski definition) is 7. The molecule has 0 unspecified atom stereocenters. The number of furan rings is 1. The van der Waals surface area contributed by atoms with Crippen molar-refractivity contribution in [2.45, 2.75) is 39.7 Å². The minimum absolute atomic E-state index is 0.268. The minimum atomic E-state index is -0.675. The normalized spacial score (nSPS) is 14.7. The maximum absolute atomic E-state index is 14.1. The first-order valence-electron chi connectivity index (χ1n) is 14.9. The molecule has 0 radical (unpaired) electrons. The van der Waals surface area contributed by atoms with Crippen LogP contribution >= 0.6 is 11.3 Å². The first kappa shape index (κ1) is 30.7. The number of esters is 1. The number of hydrogen-bond donors (Lipinski definition) is 1. The number of para-hydroxylation sites is 1. The lowest BCUT2D eigenvalue weighted by atomic mass is 9.93. The van der Waals surface area contributed by atoms with Crippen LogP contribution in [0.25, 0.3) is 17.4 Å². The Morgan fingerprint density at radius 2 is 1.74 bits per heavy atom. The maximum atomic E-state index is 14.1. The van der Waals surface area contributed by atoms with Gasteiger partial charge in [-0.2, -0.15) is 0 Å². The number of aryl methyl sites for hydroxylation is 1. The molecule has 6 rings (SSSR count). The molecule has 1 atom stereocenters. The highest BCUT2D eigenvalue weighted by atomic mass is 32.1. The molecule has 3 heterocycles. The van der Waals surface area contributed by atoms with Gasteiger partial charge in [-0.3, -0.25) is 14.2 Å². The van der Waals surface area contributed by atoms with Crippen LogP contribution in [0.3, 0.4) is 0 Å². The number of anilines is 1. The highest BCUT2D eigenvalue weighted by Gasteiger charge is 2.32. The Morgan fingerprint density at radius 1 is 1.00 bits per heavy atom. The van der Waals surface area contributed by atoms with Crippen LogP contribution in [0, 0.1) is 6.92 Å². The molecule has 0 spiro atoms. The Hall–Kier alpha value is -5.28. The number of thiazole rings is 1. The summed E-state index contributed by atoms with van der Waals surface area (Å²) in [6, 6.07) is 25.5. The second kappa shape index (κ2) is 12.6. The van der Waals surface area contributed by atoms with E-state index in [9.17, 15) is 14.4 Å². The van der Waals surface area contributed by atoms with Crippen LogP contribution in [-0.4, -0.2) is 23.6 Å². The Bertz CT molecular complexity index is 2170. The standard InChI is InChI=1S/C37H33N3O5S/c1-21(2)24-11-13-25(14-12-24)33-32(34(41)39-27-9-7-6-8-10-27)23(4)38-37-40(33)35(42)31(46-37)20-28-16-18-30(45-28)29-17-15-26(19-22(29)3)36(43)44-5/h6-21,33H,1-5H3,(H,39,41)/b31-20+/t33-/m0/s1. The van der Waals surface area contributed by atoms with Crippen LogP contribution in [0.1, 0.15) is 65.5 Å². The Labute approximate surface area is 270 Å². The van der Waals surface area contributed by atoms with E-state index in [2.05, 4.69) is 19.2 Å². The smallest absolute Gasteiger partial charge is 0.337 e. The van der Waals surface area contributed by atoms with E-state index in [1.54, 1.807) is 35.8 Å². The fourth-order valence-corrected chi connectivity index (χ4v) is 6.63. The number of carbonyl (C=O) groups excluding carboxylic acids is 2. The van der Waals surface area contributed by atoms with Crippen molar-refractivity contribution in [2.24, 2.45) is 4.99 Å². The average Bonchev–Trinajstić information content (AvgIpc) is 3.64. The lowest BCUT2D eigenvalue weighted by Gasteiger charge is -2.25. The third kappa shape index (κ3) is 5.89. The molecular formula is C37H33N3O5S. The van der Waals surface area contributed by atoms with Gasteiger partial charge in [-0.15, -0.1) is 0 Å². The number of ether oxygens (including phenoxy) is 1. The molecule has 0 saturated heterocycles. The van der Waals surface area contributed by atoms with Crippen molar-refractivity contribution in [3.63, 3.8) is 0 Å². The number of rotatable bonds is 7. The van der Waals surface area contributed by atoms with E-state index in [1.807, 2.05) is 73.7 Å². The summed E-state index contributed by atoms with van der Waals surface area (Å²) in [5, 5.41) is 2.99. The fourth-order valence-electron chi connectivity index (χ4n) is 5.60. The van der Waals surface area contributed by atoms with E-state index in [-0.39, 0.29) is 11.5 Å². The van der Waals surface area contributed by atoms with Gasteiger partial charge in [0.05, 0.1) is 34.5 Å². The van der Waals surface area contributed by atoms with Gasteiger partial charge in [-0.1, -0.05) is 73.7 Å². The molecule has 0 fully saturated rings. The van der Waals surface area contributed by atoms with Gasteiger partial charge in [-0.05, 0) is 72.9 Å². The number of fused-ring (bicyclic) bond motifs is 1. The van der Waals surface area contributed by atoms with E-state index in [0.29, 0.717) is 49.3 Å². The fraction of sp³-hybridized carbons (Fsp3) is 0.189. The Balaban J connectivity index is 1.42. The molecule has 0 saturated carbocycles. The number of nitrogens with zero attached hydrogens (tertiary/aromatic N) is 2. The van der Waals surface area contributed by atoms with Crippen molar-refractivity contribution in [1.29, 1.82) is 0 Å². The number of carbonyl (C=O) groups is 2. The van der Waals surface area contributed by atoms with Crippen molar-refractivity contribution < 1.29 is 18.7 Å². The van der Waals surface area contributed by atoms with E-state index in [4.69, 9.17) is 14.1 Å². The molecule has 1 amide bonds. The molecule has 1 aliphatic rings. The van der Waals surface area contributed by atoms with Crippen molar-refractivity contribution in [3.8, 4) is 11.3 Å². The zero-order chi connectivity index (χ0) is 32.5. The molecule has 0 bridgehead atoms. The summed E-state index contributed by atoms with van der Waals surface area (Å²) >= 11 is 1.25. The third-order valence-electron chi connectivity index (χ3n) is 8.03. The Morgan fingerprint density at radius 3 is 2.41 bits per heavy atom. The summed E-state index contributed by atoms with van der Waals surface area (Å²) in [4.78, 5) is 45.1. The Kier molecular flexibility index (Phi) is 8.42. The van der Waals surface area contributed by atoms with Crippen LogP contribution in [0.4, 0.5) is 5.69 Å². The van der Waals surface area contributed by atoms with Crippen LogP contribution in [-0.2, 0) is 9.53 Å². The van der Waals surface area contributed by atoms with Crippen molar-refractivity contribution >= 4 is 35.0 Å². The monoisotopic (exact) mass is 631 g/mol. The first-order chi connectivity index (χ1) is 22.1. The summed E-state index contributed by atoms with van der Waals surface area (Å²) in [5.74, 6) is 0.709. The number of allylic oxidation sites excluding steroid dienone is 1. The van der Waals surface area contributed by atoms with Crippen LogP contribution in [0.2, 0.25) is 0 Å². The average molecular weight is 632 g/mol. The summed E-state index contributed by atoms with van der Waals surface area (Å²) in [5.41, 5.74) is 5.45. The predicted molar refractivity (Wildman–Crippen MR) is 180 cm³/mol. The molecular weight excluding hydrogens is 598 g/mol. The van der Waals surface area contributed by atoms with Gasteiger partial charge in [0.2, 0.25) is 0 Å². The van der Waals surface area contributed by atoms with Gasteiger partial charge in [-0.25, -0.2) is 9.79 Å². The molecule has 0 aliphatic carbocycles. The van der Waals surface area contributed by atoms with Crippen LogP contribution in [0.15, 0.2) is 110 Å². The lowest BCUT2D eigenvalue weighted by Crippen LogP contribution is -2.40. The quantitative estimate of drug-likeness (QED) is 0.211. The summed E-state index contributed by atoms with van der Waals surface area (Å²) < 4.78 is 13.0. The van der Waals surface area contributed by atoms with Gasteiger partial charge in [0.15, 0.2) is 4.80 Å². The molecule has 5 aromatic rings. The van der Waals surface area contributed by atoms with Gasteiger partial charge < -0.3 is 14.5 Å². The van der Waals surface area contributed by atoms with Crippen molar-refractivity contribution in [2.75, 3.05) is 12.4 Å². The number of aromatic nitrogens is 1. The molecule has 1 aliphatic heterocycles. The van der Waals surface area contributed by atoms with Gasteiger partial charge in [0.25, 0.3) is 11.5 Å². The predicted octanol–water partition coefficient (Wildman–Crippen LogP) is 6.35. The van der Waals surface area contributed by atoms with Crippen LogP contribution < -0.4 is 20.2 Å². The van der Waals surface area contributed by atoms with Gasteiger partial charge in [0.1, 0.15) is 11.5 Å². The third-order valence-corrected chi connectivity index (χ3v) is 9.01. The number of amides is 1. The SMILES string of the molecule is COC(=O)c1ccc(-c2ccc(/C=c3/sc4n(c3=O)[C@@H](c3ccc(C(C)C)cc3)C(C(=O)Nc3ccccc3)=C(C)N=4)o2)c(C)c1. The van der Waals surface area contributed by atoms with Crippen molar-refractivity contribution in [3.05, 3.63) is 144 Å². The molecule has 46 heavy (non-hydrogen) atoms. The second-order valence-corrected chi connectivity index (χ2v) is 12.5. The highest BCUT2D eigenvalue weighted by molar-refractivity contribution is 7.07. The first-order valence-corrected chi connectivity index (χ1v) is 15.7. The summed E-state index contributed by atoms with van der Waals surface area (Å²) in [6.45, 7) is 7.95. The molecule has 2 aromatic heterocycles. The van der Waals surface area contributed by atoms with Gasteiger partial charge >= 0.3 is 5.97 Å². The molecule has 1 N–H and O–H groups in total. The zero-order valence-corrected chi connectivity index (χ0v) is 27.0. The van der Waals surface area contributed by atoms with Gasteiger partial charge in [0, 0.05) is 17.3 Å². The minimum Gasteiger partial charge on any atom is -0.465 e. The lowest BCUT2D eigenvalue weighted by molar-refractivity contribution is -0.113. The van der Waals surface area contributed by atoms with Crippen LogP contribution in [0.5, 0.6) is 0 Å². The second-order valence-electron chi connectivity index (χ2n) is 11.4. The molecule has 8 nitrogen and oxygen atoms in total. The molecule has 232 valence electrons. The van der Waals surface area contributed by atoms with E-state index in [1.165, 1.54) is 18.4 Å². The number of nitrogens with one attached hydrogen (secondary N) is 1. The van der Waals surface area contributed by atoms with E-state index >= 15 is 0 Å². The molecule has 9 heteroatoms. The zero-order valence-electron chi connectivity index (χ0n) is 26.2. The molecule has 3 aromatic carbocycles. The van der Waals surface area contributed by atoms with Crippen molar-refractivity contribution in [1.82, 2.24) is 4.57 Å². The highest BCUT2D eigenvalue weighted by Crippen LogP contribution is 2.32. The number of methoxy groups -OCH3 is 1. The van der Waals surface area contributed by atoms with E-state index < -0.39 is 12.0 Å². The largest absolute Gasteiger partial charge is 0.465 e.